The zero-order valence-electron chi connectivity index (χ0n) is 8.68. The van der Waals surface area contributed by atoms with Crippen LogP contribution in [0.1, 0.15) is 17.3 Å². The number of carbonyl (C=O) groups is 2. The van der Waals surface area contributed by atoms with Crippen molar-refractivity contribution in [1.29, 1.82) is 0 Å². The summed E-state index contributed by atoms with van der Waals surface area (Å²) in [5.74, 6) is -2.10. The average Bonchev–Trinajstić information content (AvgIpc) is 2.30. The number of rotatable bonds is 4. The van der Waals surface area contributed by atoms with E-state index in [-0.39, 0.29) is 12.2 Å². The Bertz CT molecular complexity index is 364. The van der Waals surface area contributed by atoms with Crippen molar-refractivity contribution in [1.82, 2.24) is 0 Å². The molecule has 0 amide bonds. The van der Waals surface area contributed by atoms with Crippen LogP contribution in [0.2, 0.25) is 0 Å². The smallest absolute Gasteiger partial charge is 0.381 e. The van der Waals surface area contributed by atoms with E-state index in [1.54, 1.807) is 18.2 Å². The van der Waals surface area contributed by atoms with Crippen LogP contribution in [-0.4, -0.2) is 24.9 Å². The van der Waals surface area contributed by atoms with E-state index in [0.29, 0.717) is 0 Å². The van der Waals surface area contributed by atoms with Gasteiger partial charge in [0.25, 0.3) is 0 Å². The quantitative estimate of drug-likeness (QED) is 0.733. The Kier molecular flexibility index (Phi) is 4.44. The predicted octanol–water partition coefficient (Wildman–Crippen LogP) is 1.70. The van der Waals surface area contributed by atoms with E-state index < -0.39 is 18.3 Å². The molecule has 0 heterocycles. The second kappa shape index (κ2) is 5.85. The van der Waals surface area contributed by atoms with Gasteiger partial charge in [0, 0.05) is 0 Å². The molecule has 0 fully saturated rings. The maximum absolute atomic E-state index is 13.0. The number of benzene rings is 1. The molecule has 0 radical (unpaired) electrons. The van der Waals surface area contributed by atoms with Crippen LogP contribution in [0.5, 0.6) is 0 Å². The summed E-state index contributed by atoms with van der Waals surface area (Å²) in [5, 5.41) is 0. The first-order valence-corrected chi connectivity index (χ1v) is 4.72. The summed E-state index contributed by atoms with van der Waals surface area (Å²) in [4.78, 5) is 22.1. The summed E-state index contributed by atoms with van der Waals surface area (Å²) in [7, 11) is 0. The maximum atomic E-state index is 13.0. The van der Waals surface area contributed by atoms with E-state index in [2.05, 4.69) is 9.47 Å². The van der Waals surface area contributed by atoms with E-state index in [1.807, 2.05) is 0 Å². The Labute approximate surface area is 92.0 Å². The van der Waals surface area contributed by atoms with Gasteiger partial charge in [0.15, 0.2) is 0 Å². The van der Waals surface area contributed by atoms with Gasteiger partial charge in [-0.2, -0.15) is 4.39 Å². The third-order valence-corrected chi connectivity index (χ3v) is 1.69. The standard InChI is InChI=1S/C11H11FO4/c1-2-15-11(14)9(12)16-10(13)8-6-4-3-5-7-8/h3-7,9H,2H2,1H3. The van der Waals surface area contributed by atoms with Crippen molar-refractivity contribution in [2.45, 2.75) is 13.3 Å². The SMILES string of the molecule is CCOC(=O)C(F)OC(=O)c1ccccc1. The molecular formula is C11H11FO4. The molecule has 0 N–H and O–H groups in total. The normalized spacial score (nSPS) is 11.6. The highest BCUT2D eigenvalue weighted by molar-refractivity contribution is 5.91. The van der Waals surface area contributed by atoms with E-state index in [0.717, 1.165) is 0 Å². The topological polar surface area (TPSA) is 52.6 Å². The summed E-state index contributed by atoms with van der Waals surface area (Å²) in [6.45, 7) is 1.56. The minimum atomic E-state index is -2.38. The summed E-state index contributed by atoms with van der Waals surface area (Å²) < 4.78 is 21.6. The summed E-state index contributed by atoms with van der Waals surface area (Å²) in [5.41, 5.74) is 0.175. The average molecular weight is 226 g/mol. The van der Waals surface area contributed by atoms with E-state index in [1.165, 1.54) is 19.1 Å². The summed E-state index contributed by atoms with van der Waals surface area (Å²) in [6.07, 6.45) is -2.38. The van der Waals surface area contributed by atoms with Crippen LogP contribution in [0, 0.1) is 0 Å². The van der Waals surface area contributed by atoms with Gasteiger partial charge < -0.3 is 9.47 Å². The first-order valence-electron chi connectivity index (χ1n) is 4.72. The number of alkyl halides is 1. The number of ether oxygens (including phenoxy) is 2. The lowest BCUT2D eigenvalue weighted by atomic mass is 10.2. The first kappa shape index (κ1) is 12.2. The van der Waals surface area contributed by atoms with Crippen LogP contribution >= 0.6 is 0 Å². The fourth-order valence-electron chi connectivity index (χ4n) is 0.992. The number of hydrogen-bond acceptors (Lipinski definition) is 4. The molecule has 0 aromatic heterocycles. The molecular weight excluding hydrogens is 215 g/mol. The molecule has 0 aliphatic carbocycles. The Morgan fingerprint density at radius 2 is 1.94 bits per heavy atom. The third-order valence-electron chi connectivity index (χ3n) is 1.69. The fraction of sp³-hybridized carbons (Fsp3) is 0.273. The molecule has 0 bridgehead atoms. The molecule has 0 saturated heterocycles. The van der Waals surface area contributed by atoms with Gasteiger partial charge >= 0.3 is 18.3 Å². The molecule has 1 aromatic rings. The molecule has 5 heteroatoms. The van der Waals surface area contributed by atoms with Gasteiger partial charge in [0.05, 0.1) is 12.2 Å². The summed E-state index contributed by atoms with van der Waals surface area (Å²) >= 11 is 0. The molecule has 0 saturated carbocycles. The van der Waals surface area contributed by atoms with Crippen molar-refractivity contribution in [3.05, 3.63) is 35.9 Å². The van der Waals surface area contributed by atoms with Crippen molar-refractivity contribution in [3.8, 4) is 0 Å². The minimum Gasteiger partial charge on any atom is -0.461 e. The van der Waals surface area contributed by atoms with Crippen molar-refractivity contribution in [3.63, 3.8) is 0 Å². The van der Waals surface area contributed by atoms with E-state index >= 15 is 0 Å². The van der Waals surface area contributed by atoms with Crippen LogP contribution < -0.4 is 0 Å². The van der Waals surface area contributed by atoms with Gasteiger partial charge in [-0.25, -0.2) is 9.59 Å². The molecule has 0 spiro atoms. The van der Waals surface area contributed by atoms with Gasteiger partial charge in [0.2, 0.25) is 0 Å². The van der Waals surface area contributed by atoms with Crippen molar-refractivity contribution in [2.75, 3.05) is 6.61 Å². The first-order chi connectivity index (χ1) is 7.65. The Morgan fingerprint density at radius 3 is 2.50 bits per heavy atom. The van der Waals surface area contributed by atoms with Gasteiger partial charge in [-0.15, -0.1) is 0 Å². The van der Waals surface area contributed by atoms with Crippen LogP contribution in [0.4, 0.5) is 4.39 Å². The molecule has 0 aliphatic heterocycles. The Morgan fingerprint density at radius 1 is 1.31 bits per heavy atom. The molecule has 86 valence electrons. The highest BCUT2D eigenvalue weighted by Gasteiger charge is 2.23. The molecule has 1 atom stereocenters. The van der Waals surface area contributed by atoms with Crippen LogP contribution in [0.25, 0.3) is 0 Å². The lowest BCUT2D eigenvalue weighted by Crippen LogP contribution is -2.25. The number of esters is 2. The van der Waals surface area contributed by atoms with E-state index in [4.69, 9.17) is 0 Å². The monoisotopic (exact) mass is 226 g/mol. The Balaban J connectivity index is 2.55. The van der Waals surface area contributed by atoms with Crippen LogP contribution in [-0.2, 0) is 14.3 Å². The third kappa shape index (κ3) is 3.34. The predicted molar refractivity (Wildman–Crippen MR) is 53.4 cm³/mol. The molecule has 0 aliphatic rings. The molecule has 1 rings (SSSR count). The van der Waals surface area contributed by atoms with Crippen molar-refractivity contribution >= 4 is 11.9 Å². The van der Waals surface area contributed by atoms with Crippen molar-refractivity contribution < 1.29 is 23.5 Å². The van der Waals surface area contributed by atoms with Gasteiger partial charge in [0.1, 0.15) is 0 Å². The highest BCUT2D eigenvalue weighted by atomic mass is 19.1. The fourth-order valence-corrected chi connectivity index (χ4v) is 0.992. The molecule has 16 heavy (non-hydrogen) atoms. The maximum Gasteiger partial charge on any atom is 0.381 e. The second-order valence-corrected chi connectivity index (χ2v) is 2.84. The molecule has 1 aromatic carbocycles. The lowest BCUT2D eigenvalue weighted by Gasteiger charge is -2.08. The summed E-state index contributed by atoms with van der Waals surface area (Å²) in [6, 6.07) is 7.83. The molecule has 4 nitrogen and oxygen atoms in total. The number of carbonyl (C=O) groups excluding carboxylic acids is 2. The second-order valence-electron chi connectivity index (χ2n) is 2.84. The minimum absolute atomic E-state index is 0.0299. The molecule has 1 unspecified atom stereocenters. The Hall–Kier alpha value is -1.91. The highest BCUT2D eigenvalue weighted by Crippen LogP contribution is 2.05. The lowest BCUT2D eigenvalue weighted by molar-refractivity contribution is -0.163. The van der Waals surface area contributed by atoms with Crippen molar-refractivity contribution in [2.24, 2.45) is 0 Å². The van der Waals surface area contributed by atoms with Gasteiger partial charge in [-0.05, 0) is 19.1 Å². The number of halogens is 1. The van der Waals surface area contributed by atoms with E-state index in [9.17, 15) is 14.0 Å². The zero-order chi connectivity index (χ0) is 12.0. The van der Waals surface area contributed by atoms with Crippen LogP contribution in [0.3, 0.4) is 0 Å². The van der Waals surface area contributed by atoms with Gasteiger partial charge in [-0.3, -0.25) is 0 Å². The number of hydrogen-bond donors (Lipinski definition) is 0. The van der Waals surface area contributed by atoms with Gasteiger partial charge in [-0.1, -0.05) is 18.2 Å². The largest absolute Gasteiger partial charge is 0.461 e. The van der Waals surface area contributed by atoms with Crippen LogP contribution in [0.15, 0.2) is 30.3 Å². The zero-order valence-corrected chi connectivity index (χ0v) is 8.68.